The van der Waals surface area contributed by atoms with Gasteiger partial charge >= 0.3 is 0 Å². The van der Waals surface area contributed by atoms with Gasteiger partial charge in [0.1, 0.15) is 0 Å². The molecule has 2 fully saturated rings. The van der Waals surface area contributed by atoms with Crippen molar-refractivity contribution in [3.05, 3.63) is 0 Å². The molecule has 0 aromatic heterocycles. The van der Waals surface area contributed by atoms with Gasteiger partial charge in [0.15, 0.2) is 0 Å². The lowest BCUT2D eigenvalue weighted by atomic mass is 10.1. The van der Waals surface area contributed by atoms with Gasteiger partial charge in [-0.2, -0.15) is 0 Å². The van der Waals surface area contributed by atoms with Crippen molar-refractivity contribution in [3.63, 3.8) is 0 Å². The van der Waals surface area contributed by atoms with Crippen LogP contribution < -0.4 is 5.32 Å². The maximum atomic E-state index is 5.11. The van der Waals surface area contributed by atoms with Crippen LogP contribution in [0.3, 0.4) is 0 Å². The summed E-state index contributed by atoms with van der Waals surface area (Å²) in [5.74, 6) is 0. The quantitative estimate of drug-likeness (QED) is 0.551. The first-order chi connectivity index (χ1) is 4.88. The molecule has 0 aromatic rings. The van der Waals surface area contributed by atoms with Gasteiger partial charge in [-0.3, -0.25) is 4.90 Å². The highest BCUT2D eigenvalue weighted by Crippen LogP contribution is 2.13. The largest absolute Gasteiger partial charge is 0.378 e. The molecule has 58 valence electrons. The van der Waals surface area contributed by atoms with Crippen LogP contribution in [0.25, 0.3) is 0 Å². The Labute approximate surface area is 61.3 Å². The first kappa shape index (κ1) is 6.58. The van der Waals surface area contributed by atoms with Crippen molar-refractivity contribution in [2.24, 2.45) is 0 Å². The molecule has 2 heterocycles. The second kappa shape index (κ2) is 2.49. The Morgan fingerprint density at radius 2 is 2.00 bits per heavy atom. The summed E-state index contributed by atoms with van der Waals surface area (Å²) in [7, 11) is 2.19. The molecule has 0 bridgehead atoms. The fraction of sp³-hybridized carbons (Fsp3) is 1.00. The molecule has 1 N–H and O–H groups in total. The minimum absolute atomic E-state index is 0.701. The lowest BCUT2D eigenvalue weighted by Gasteiger charge is -2.43. The molecule has 3 heteroatoms. The van der Waals surface area contributed by atoms with Crippen molar-refractivity contribution in [2.45, 2.75) is 12.1 Å². The molecule has 0 spiro atoms. The van der Waals surface area contributed by atoms with E-state index in [0.29, 0.717) is 6.04 Å². The van der Waals surface area contributed by atoms with E-state index in [0.717, 1.165) is 32.3 Å². The molecular formula is C7H14N2O. The third-order valence-electron chi connectivity index (χ3n) is 2.53. The van der Waals surface area contributed by atoms with Crippen LogP contribution in [0.4, 0.5) is 0 Å². The predicted molar refractivity (Wildman–Crippen MR) is 39.0 cm³/mol. The third-order valence-corrected chi connectivity index (χ3v) is 2.53. The van der Waals surface area contributed by atoms with Crippen LogP contribution in [0.5, 0.6) is 0 Å². The first-order valence-electron chi connectivity index (χ1n) is 3.88. The lowest BCUT2D eigenvalue weighted by molar-refractivity contribution is -0.0752. The van der Waals surface area contributed by atoms with Crippen LogP contribution in [0, 0.1) is 0 Å². The van der Waals surface area contributed by atoms with Crippen molar-refractivity contribution in [1.82, 2.24) is 10.2 Å². The van der Waals surface area contributed by atoms with E-state index < -0.39 is 0 Å². The molecule has 10 heavy (non-hydrogen) atoms. The van der Waals surface area contributed by atoms with E-state index in [4.69, 9.17) is 4.74 Å². The Morgan fingerprint density at radius 3 is 2.30 bits per heavy atom. The molecule has 0 aliphatic carbocycles. The molecule has 0 amide bonds. The van der Waals surface area contributed by atoms with E-state index in [1.165, 1.54) is 0 Å². The number of likely N-dealkylation sites (N-methyl/N-ethyl adjacent to an activating group) is 1. The van der Waals surface area contributed by atoms with Crippen molar-refractivity contribution < 1.29 is 4.74 Å². The fourth-order valence-corrected chi connectivity index (χ4v) is 1.32. The van der Waals surface area contributed by atoms with Crippen molar-refractivity contribution in [2.75, 3.05) is 33.4 Å². The summed E-state index contributed by atoms with van der Waals surface area (Å²) in [6.45, 7) is 4.19. The average Bonchev–Trinajstić information content (AvgIpc) is 1.52. The zero-order valence-electron chi connectivity index (χ0n) is 6.34. The summed E-state index contributed by atoms with van der Waals surface area (Å²) in [5, 5.41) is 3.26. The van der Waals surface area contributed by atoms with Crippen LogP contribution >= 0.6 is 0 Å². The van der Waals surface area contributed by atoms with Crippen molar-refractivity contribution in [1.29, 1.82) is 0 Å². The van der Waals surface area contributed by atoms with Gasteiger partial charge in [-0.15, -0.1) is 0 Å². The van der Waals surface area contributed by atoms with E-state index in [9.17, 15) is 0 Å². The Hall–Kier alpha value is -0.120. The van der Waals surface area contributed by atoms with E-state index in [2.05, 4.69) is 17.3 Å². The van der Waals surface area contributed by atoms with Gasteiger partial charge in [-0.25, -0.2) is 0 Å². The molecule has 2 aliphatic heterocycles. The molecule has 0 saturated carbocycles. The summed E-state index contributed by atoms with van der Waals surface area (Å²) >= 11 is 0. The SMILES string of the molecule is CN(C1CNC1)C1COC1. The summed E-state index contributed by atoms with van der Waals surface area (Å²) < 4.78 is 5.11. The average molecular weight is 142 g/mol. The molecule has 0 radical (unpaired) electrons. The Balaban J connectivity index is 1.79. The normalized spacial score (nSPS) is 28.2. The second-order valence-corrected chi connectivity index (χ2v) is 3.17. The highest BCUT2D eigenvalue weighted by molar-refractivity contribution is 4.88. The first-order valence-corrected chi connectivity index (χ1v) is 3.88. The number of nitrogens with zero attached hydrogens (tertiary/aromatic N) is 1. The van der Waals surface area contributed by atoms with Crippen LogP contribution in [-0.2, 0) is 4.74 Å². The zero-order valence-corrected chi connectivity index (χ0v) is 6.34. The molecule has 2 rings (SSSR count). The van der Waals surface area contributed by atoms with E-state index in [1.54, 1.807) is 0 Å². The minimum Gasteiger partial charge on any atom is -0.378 e. The maximum Gasteiger partial charge on any atom is 0.0645 e. The van der Waals surface area contributed by atoms with Crippen LogP contribution in [0.2, 0.25) is 0 Å². The van der Waals surface area contributed by atoms with Crippen LogP contribution in [-0.4, -0.2) is 50.3 Å². The molecule has 0 atom stereocenters. The smallest absolute Gasteiger partial charge is 0.0645 e. The van der Waals surface area contributed by atoms with Gasteiger partial charge in [0.25, 0.3) is 0 Å². The summed E-state index contributed by atoms with van der Waals surface area (Å²) in [5.41, 5.74) is 0. The van der Waals surface area contributed by atoms with Gasteiger partial charge in [-0.1, -0.05) is 0 Å². The van der Waals surface area contributed by atoms with Crippen molar-refractivity contribution >= 4 is 0 Å². The van der Waals surface area contributed by atoms with Crippen LogP contribution in [0.1, 0.15) is 0 Å². The van der Waals surface area contributed by atoms with Gasteiger partial charge in [0.05, 0.1) is 19.3 Å². The number of hydrogen-bond acceptors (Lipinski definition) is 3. The fourth-order valence-electron chi connectivity index (χ4n) is 1.32. The van der Waals surface area contributed by atoms with E-state index >= 15 is 0 Å². The molecule has 2 saturated heterocycles. The highest BCUT2D eigenvalue weighted by Gasteiger charge is 2.31. The maximum absolute atomic E-state index is 5.11. The predicted octanol–water partition coefficient (Wildman–Crippen LogP) is -0.711. The van der Waals surface area contributed by atoms with Crippen molar-refractivity contribution in [3.8, 4) is 0 Å². The molecule has 0 aromatic carbocycles. The highest BCUT2D eigenvalue weighted by atomic mass is 16.5. The third kappa shape index (κ3) is 0.944. The summed E-state index contributed by atoms with van der Waals surface area (Å²) in [6.07, 6.45) is 0. The van der Waals surface area contributed by atoms with Gasteiger partial charge in [-0.05, 0) is 7.05 Å². The number of nitrogens with one attached hydrogen (secondary N) is 1. The Kier molecular flexibility index (Phi) is 1.64. The monoisotopic (exact) mass is 142 g/mol. The van der Waals surface area contributed by atoms with Gasteiger partial charge in [0, 0.05) is 19.1 Å². The Morgan fingerprint density at radius 1 is 1.30 bits per heavy atom. The van der Waals surface area contributed by atoms with E-state index in [-0.39, 0.29) is 0 Å². The topological polar surface area (TPSA) is 24.5 Å². The Bertz CT molecular complexity index is 107. The van der Waals surface area contributed by atoms with E-state index in [1.807, 2.05) is 0 Å². The summed E-state index contributed by atoms with van der Waals surface area (Å²) in [6, 6.07) is 1.47. The number of rotatable bonds is 2. The zero-order chi connectivity index (χ0) is 6.97. The number of hydrogen-bond donors (Lipinski definition) is 1. The standard InChI is InChI=1S/C7H14N2O/c1-9(6-2-8-3-6)7-4-10-5-7/h6-8H,2-5H2,1H3. The summed E-state index contributed by atoms with van der Waals surface area (Å²) in [4.78, 5) is 2.43. The molecule has 2 aliphatic rings. The molecule has 3 nitrogen and oxygen atoms in total. The molecule has 0 unspecified atom stereocenters. The number of ether oxygens (including phenoxy) is 1. The van der Waals surface area contributed by atoms with Gasteiger partial charge in [0.2, 0.25) is 0 Å². The second-order valence-electron chi connectivity index (χ2n) is 3.17. The van der Waals surface area contributed by atoms with Crippen LogP contribution in [0.15, 0.2) is 0 Å². The molecular weight excluding hydrogens is 128 g/mol. The lowest BCUT2D eigenvalue weighted by Crippen LogP contribution is -2.62. The minimum atomic E-state index is 0.701. The van der Waals surface area contributed by atoms with Gasteiger partial charge < -0.3 is 10.1 Å².